The van der Waals surface area contributed by atoms with Gasteiger partial charge >= 0.3 is 0 Å². The van der Waals surface area contributed by atoms with Crippen LogP contribution in [0.4, 0.5) is 5.69 Å². The first-order chi connectivity index (χ1) is 8.21. The number of phenolic OH excluding ortho intramolecular Hbond substituents is 1. The van der Waals surface area contributed by atoms with Crippen molar-refractivity contribution in [2.24, 2.45) is 0 Å². The first kappa shape index (κ1) is 12.7. The van der Waals surface area contributed by atoms with Crippen LogP contribution in [-0.2, 0) is 10.1 Å². The van der Waals surface area contributed by atoms with Gasteiger partial charge in [-0.3, -0.25) is 4.55 Å². The lowest BCUT2D eigenvalue weighted by Crippen LogP contribution is -2.02. The molecule has 0 saturated carbocycles. The summed E-state index contributed by atoms with van der Waals surface area (Å²) in [5, 5.41) is 10.9. The van der Waals surface area contributed by atoms with E-state index in [2.05, 4.69) is 0 Å². The molecule has 0 aliphatic heterocycles. The smallest absolute Gasteiger partial charge is 0.294 e. The maximum Gasteiger partial charge on any atom is 0.294 e. The third-order valence-corrected chi connectivity index (χ3v) is 3.85. The van der Waals surface area contributed by atoms with Crippen molar-refractivity contribution >= 4 is 26.6 Å². The lowest BCUT2D eigenvalue weighted by atomic mass is 10.0. The van der Waals surface area contributed by atoms with Crippen LogP contribution in [0.5, 0.6) is 5.75 Å². The molecule has 0 aliphatic rings. The summed E-state index contributed by atoms with van der Waals surface area (Å²) in [5.41, 5.74) is 7.10. The highest BCUT2D eigenvalue weighted by atomic mass is 32.2. The molecule has 0 amide bonds. The number of anilines is 1. The molecule has 0 aromatic heterocycles. The van der Waals surface area contributed by atoms with E-state index < -0.39 is 10.1 Å². The number of aromatic hydroxyl groups is 1. The van der Waals surface area contributed by atoms with Gasteiger partial charge in [0.2, 0.25) is 0 Å². The summed E-state index contributed by atoms with van der Waals surface area (Å²) in [6.45, 7) is 3.22. The van der Waals surface area contributed by atoms with Crippen LogP contribution in [0.2, 0.25) is 0 Å². The average molecular weight is 267 g/mol. The summed E-state index contributed by atoms with van der Waals surface area (Å²) < 4.78 is 31.6. The molecule has 0 fully saturated rings. The summed E-state index contributed by atoms with van der Waals surface area (Å²) in [4.78, 5) is -0.308. The Kier molecular flexibility index (Phi) is 2.71. The molecule has 0 bridgehead atoms. The van der Waals surface area contributed by atoms with E-state index in [1.54, 1.807) is 19.1 Å². The van der Waals surface area contributed by atoms with E-state index in [0.717, 1.165) is 5.56 Å². The normalized spacial score (nSPS) is 11.9. The highest BCUT2D eigenvalue weighted by Crippen LogP contribution is 2.37. The molecule has 0 atom stereocenters. The zero-order valence-electron chi connectivity index (χ0n) is 9.93. The van der Waals surface area contributed by atoms with Crippen LogP contribution in [-0.4, -0.2) is 18.1 Å². The average Bonchev–Trinajstić information content (AvgIpc) is 2.20. The topological polar surface area (TPSA) is 101 Å². The van der Waals surface area contributed by atoms with E-state index >= 15 is 0 Å². The Morgan fingerprint density at radius 3 is 2.33 bits per heavy atom. The summed E-state index contributed by atoms with van der Waals surface area (Å²) in [6, 6.07) is 4.69. The second kappa shape index (κ2) is 3.86. The van der Waals surface area contributed by atoms with E-state index in [-0.39, 0.29) is 16.2 Å². The van der Waals surface area contributed by atoms with Crippen molar-refractivity contribution in [3.8, 4) is 5.75 Å². The van der Waals surface area contributed by atoms with Gasteiger partial charge in [-0.05, 0) is 36.9 Å². The Balaban J connectivity index is 3.02. The van der Waals surface area contributed by atoms with Gasteiger partial charge in [0, 0.05) is 16.6 Å². The quantitative estimate of drug-likeness (QED) is 0.542. The molecule has 0 spiro atoms. The van der Waals surface area contributed by atoms with Crippen molar-refractivity contribution in [1.82, 2.24) is 0 Å². The predicted octanol–water partition coefficient (Wildman–Crippen LogP) is 1.99. The van der Waals surface area contributed by atoms with Gasteiger partial charge in [-0.15, -0.1) is 0 Å². The van der Waals surface area contributed by atoms with Crippen LogP contribution >= 0.6 is 0 Å². The number of nitrogens with two attached hydrogens (primary N) is 1. The zero-order chi connectivity index (χ0) is 13.7. The van der Waals surface area contributed by atoms with Crippen molar-refractivity contribution in [2.75, 3.05) is 5.73 Å². The molecule has 0 unspecified atom stereocenters. The molecule has 2 rings (SSSR count). The van der Waals surface area contributed by atoms with E-state index in [1.165, 1.54) is 13.0 Å². The molecule has 5 nitrogen and oxygen atoms in total. The molecular formula is C12H13NO4S. The van der Waals surface area contributed by atoms with Gasteiger partial charge in [-0.25, -0.2) is 0 Å². The fourth-order valence-electron chi connectivity index (χ4n) is 2.05. The number of benzene rings is 2. The van der Waals surface area contributed by atoms with Crippen LogP contribution in [0.15, 0.2) is 23.1 Å². The SMILES string of the molecule is Cc1cc(N)c2c(O)c(C)c(S(=O)(=O)O)cc2c1. The van der Waals surface area contributed by atoms with Gasteiger partial charge in [-0.1, -0.05) is 6.07 Å². The minimum atomic E-state index is -4.37. The number of nitrogen functional groups attached to an aromatic ring is 1. The molecule has 2 aromatic carbocycles. The molecule has 6 heteroatoms. The van der Waals surface area contributed by atoms with Gasteiger partial charge < -0.3 is 10.8 Å². The molecule has 0 aliphatic carbocycles. The third kappa shape index (κ3) is 1.89. The summed E-state index contributed by atoms with van der Waals surface area (Å²) in [5.74, 6) is -0.224. The number of rotatable bonds is 1. The van der Waals surface area contributed by atoms with Gasteiger partial charge in [0.25, 0.3) is 10.1 Å². The summed E-state index contributed by atoms with van der Waals surface area (Å²) >= 11 is 0. The molecule has 18 heavy (non-hydrogen) atoms. The Hall–Kier alpha value is -1.79. The number of aryl methyl sites for hydroxylation is 1. The van der Waals surface area contributed by atoms with E-state index in [0.29, 0.717) is 16.5 Å². The Labute approximate surface area is 105 Å². The maximum atomic E-state index is 11.2. The van der Waals surface area contributed by atoms with Gasteiger partial charge in [0.05, 0.1) is 0 Å². The molecule has 0 radical (unpaired) electrons. The minimum Gasteiger partial charge on any atom is -0.507 e. The summed E-state index contributed by atoms with van der Waals surface area (Å²) in [6.07, 6.45) is 0. The van der Waals surface area contributed by atoms with Crippen LogP contribution in [0, 0.1) is 13.8 Å². The number of phenols is 1. The minimum absolute atomic E-state index is 0.0838. The van der Waals surface area contributed by atoms with Gasteiger partial charge in [0.1, 0.15) is 10.6 Å². The molecule has 0 heterocycles. The van der Waals surface area contributed by atoms with Crippen molar-refractivity contribution in [2.45, 2.75) is 18.7 Å². The van der Waals surface area contributed by atoms with Gasteiger partial charge in [-0.2, -0.15) is 8.42 Å². The van der Waals surface area contributed by atoms with Crippen LogP contribution in [0.3, 0.4) is 0 Å². The van der Waals surface area contributed by atoms with Crippen molar-refractivity contribution in [1.29, 1.82) is 0 Å². The Bertz CT molecular complexity index is 750. The standard InChI is InChI=1S/C12H13NO4S/c1-6-3-8-5-10(18(15,16)17)7(2)12(14)11(8)9(13)4-6/h3-5,14H,13H2,1-2H3,(H,15,16,17). The second-order valence-corrected chi connectivity index (χ2v) is 5.67. The Morgan fingerprint density at radius 1 is 1.17 bits per heavy atom. The predicted molar refractivity (Wildman–Crippen MR) is 69.3 cm³/mol. The van der Waals surface area contributed by atoms with Gasteiger partial charge in [0.15, 0.2) is 0 Å². The van der Waals surface area contributed by atoms with Crippen molar-refractivity contribution in [3.63, 3.8) is 0 Å². The van der Waals surface area contributed by atoms with Crippen molar-refractivity contribution in [3.05, 3.63) is 29.3 Å². The number of hydrogen-bond donors (Lipinski definition) is 3. The monoisotopic (exact) mass is 267 g/mol. The van der Waals surface area contributed by atoms with E-state index in [4.69, 9.17) is 10.3 Å². The number of hydrogen-bond acceptors (Lipinski definition) is 4. The first-order valence-corrected chi connectivity index (χ1v) is 6.65. The lowest BCUT2D eigenvalue weighted by molar-refractivity contribution is 0.466. The maximum absolute atomic E-state index is 11.2. The first-order valence-electron chi connectivity index (χ1n) is 5.21. The molecule has 0 saturated heterocycles. The number of fused-ring (bicyclic) bond motifs is 1. The highest BCUT2D eigenvalue weighted by Gasteiger charge is 2.19. The fraction of sp³-hybridized carbons (Fsp3) is 0.167. The summed E-state index contributed by atoms with van der Waals surface area (Å²) in [7, 11) is -4.37. The molecule has 2 aromatic rings. The second-order valence-electron chi connectivity index (χ2n) is 4.28. The largest absolute Gasteiger partial charge is 0.507 e. The third-order valence-electron chi connectivity index (χ3n) is 2.87. The Morgan fingerprint density at radius 2 is 1.78 bits per heavy atom. The van der Waals surface area contributed by atoms with E-state index in [1.807, 2.05) is 0 Å². The molecule has 4 N–H and O–H groups in total. The van der Waals surface area contributed by atoms with Crippen LogP contribution < -0.4 is 5.73 Å². The molecular weight excluding hydrogens is 254 g/mol. The van der Waals surface area contributed by atoms with Crippen molar-refractivity contribution < 1.29 is 18.1 Å². The van der Waals surface area contributed by atoms with E-state index in [9.17, 15) is 13.5 Å². The highest BCUT2D eigenvalue weighted by molar-refractivity contribution is 7.85. The molecule has 96 valence electrons. The van der Waals surface area contributed by atoms with Crippen LogP contribution in [0.25, 0.3) is 10.8 Å². The lowest BCUT2D eigenvalue weighted by Gasteiger charge is -2.11. The fourth-order valence-corrected chi connectivity index (χ4v) is 2.81. The zero-order valence-corrected chi connectivity index (χ0v) is 10.7. The van der Waals surface area contributed by atoms with Crippen LogP contribution in [0.1, 0.15) is 11.1 Å².